The van der Waals surface area contributed by atoms with Crippen molar-refractivity contribution in [2.75, 3.05) is 0 Å². The Balaban J connectivity index is 2.68. The van der Waals surface area contributed by atoms with Crippen molar-refractivity contribution < 1.29 is 0 Å². The van der Waals surface area contributed by atoms with Crippen LogP contribution in [0.1, 0.15) is 13.8 Å². The van der Waals surface area contributed by atoms with Gasteiger partial charge in [0.25, 0.3) is 0 Å². The van der Waals surface area contributed by atoms with E-state index in [1.165, 1.54) is 0 Å². The Labute approximate surface area is 73.4 Å². The van der Waals surface area contributed by atoms with Crippen LogP contribution in [0, 0.1) is 0 Å². The standard InChI is InChI=1S/C10H14N2/c1-4-5-6-10-7-8(2)11-9(3)12-10/h4-8H,1H2,2-3H3,(H,11,12). The van der Waals surface area contributed by atoms with Crippen LogP contribution >= 0.6 is 0 Å². The summed E-state index contributed by atoms with van der Waals surface area (Å²) in [5.74, 6) is 0.966. The van der Waals surface area contributed by atoms with E-state index < -0.39 is 0 Å². The number of nitrogens with zero attached hydrogens (tertiary/aromatic N) is 1. The predicted molar refractivity (Wildman–Crippen MR) is 53.1 cm³/mol. The van der Waals surface area contributed by atoms with E-state index in [9.17, 15) is 0 Å². The van der Waals surface area contributed by atoms with E-state index in [-0.39, 0.29) is 6.04 Å². The van der Waals surface area contributed by atoms with Crippen LogP contribution in [0.2, 0.25) is 0 Å². The molecule has 1 unspecified atom stereocenters. The third-order valence-corrected chi connectivity index (χ3v) is 1.56. The van der Waals surface area contributed by atoms with E-state index in [2.05, 4.69) is 29.9 Å². The molecule has 1 aliphatic rings. The first-order valence-corrected chi connectivity index (χ1v) is 4.04. The van der Waals surface area contributed by atoms with E-state index >= 15 is 0 Å². The summed E-state index contributed by atoms with van der Waals surface area (Å²) >= 11 is 0. The van der Waals surface area contributed by atoms with Crippen LogP contribution in [0.25, 0.3) is 0 Å². The molecule has 1 atom stereocenters. The fourth-order valence-electron chi connectivity index (χ4n) is 1.15. The van der Waals surface area contributed by atoms with Crippen LogP contribution in [-0.2, 0) is 0 Å². The Bertz CT molecular complexity index is 259. The van der Waals surface area contributed by atoms with Gasteiger partial charge >= 0.3 is 0 Å². The van der Waals surface area contributed by atoms with E-state index in [4.69, 9.17) is 0 Å². The lowest BCUT2D eigenvalue weighted by molar-refractivity contribution is 0.864. The van der Waals surface area contributed by atoms with Gasteiger partial charge in [-0.3, -0.25) is 4.99 Å². The molecule has 0 amide bonds. The molecule has 2 heteroatoms. The normalized spacial score (nSPS) is 23.0. The molecular weight excluding hydrogens is 148 g/mol. The topological polar surface area (TPSA) is 24.4 Å². The van der Waals surface area contributed by atoms with Gasteiger partial charge in [0.15, 0.2) is 0 Å². The molecule has 0 saturated carbocycles. The molecule has 12 heavy (non-hydrogen) atoms. The second kappa shape index (κ2) is 3.90. The summed E-state index contributed by atoms with van der Waals surface area (Å²) < 4.78 is 0. The van der Waals surface area contributed by atoms with Gasteiger partial charge in [0, 0.05) is 5.70 Å². The van der Waals surface area contributed by atoms with Crippen molar-refractivity contribution in [1.82, 2.24) is 5.32 Å². The molecule has 1 rings (SSSR count). The van der Waals surface area contributed by atoms with Crippen LogP contribution in [0.4, 0.5) is 0 Å². The zero-order valence-electron chi connectivity index (χ0n) is 7.54. The molecule has 1 heterocycles. The molecule has 0 radical (unpaired) electrons. The number of hydrogen-bond donors (Lipinski definition) is 1. The number of aliphatic imine (C=N–C) groups is 1. The maximum Gasteiger partial charge on any atom is 0.0982 e. The molecule has 0 aromatic rings. The Morgan fingerprint density at radius 1 is 1.67 bits per heavy atom. The van der Waals surface area contributed by atoms with Crippen molar-refractivity contribution >= 4 is 5.84 Å². The van der Waals surface area contributed by atoms with Gasteiger partial charge in [-0.25, -0.2) is 0 Å². The van der Waals surface area contributed by atoms with Crippen molar-refractivity contribution in [3.05, 3.63) is 36.6 Å². The minimum absolute atomic E-state index is 0.274. The molecule has 0 fully saturated rings. The summed E-state index contributed by atoms with van der Waals surface area (Å²) in [6, 6.07) is 0.274. The molecule has 0 aromatic heterocycles. The quantitative estimate of drug-likeness (QED) is 0.617. The highest BCUT2D eigenvalue weighted by molar-refractivity contribution is 5.83. The van der Waals surface area contributed by atoms with Gasteiger partial charge in [0.2, 0.25) is 0 Å². The zero-order chi connectivity index (χ0) is 8.97. The Kier molecular flexibility index (Phi) is 2.86. The van der Waals surface area contributed by atoms with E-state index in [1.807, 2.05) is 19.1 Å². The van der Waals surface area contributed by atoms with Crippen LogP contribution in [0.3, 0.4) is 0 Å². The Morgan fingerprint density at radius 2 is 2.42 bits per heavy atom. The van der Waals surface area contributed by atoms with Crippen LogP contribution in [0.15, 0.2) is 41.6 Å². The molecular formula is C10H14N2. The lowest BCUT2D eigenvalue weighted by Crippen LogP contribution is -2.25. The molecule has 0 saturated heterocycles. The highest BCUT2D eigenvalue weighted by Crippen LogP contribution is 2.05. The van der Waals surface area contributed by atoms with Crippen LogP contribution in [-0.4, -0.2) is 11.9 Å². The third kappa shape index (κ3) is 2.38. The summed E-state index contributed by atoms with van der Waals surface area (Å²) in [6.45, 7) is 7.64. The Morgan fingerprint density at radius 3 is 3.00 bits per heavy atom. The van der Waals surface area contributed by atoms with Gasteiger partial charge in [-0.15, -0.1) is 0 Å². The first kappa shape index (κ1) is 8.78. The number of hydrogen-bond acceptors (Lipinski definition) is 2. The van der Waals surface area contributed by atoms with Gasteiger partial charge in [0.05, 0.1) is 11.9 Å². The average Bonchev–Trinajstić information content (AvgIpc) is 1.99. The average molecular weight is 162 g/mol. The molecule has 0 spiro atoms. The summed E-state index contributed by atoms with van der Waals surface area (Å²) in [4.78, 5) is 4.31. The minimum Gasteiger partial charge on any atom is -0.344 e. The molecule has 0 aromatic carbocycles. The molecule has 1 aliphatic heterocycles. The highest BCUT2D eigenvalue weighted by atomic mass is 15.0. The van der Waals surface area contributed by atoms with Crippen molar-refractivity contribution in [3.63, 3.8) is 0 Å². The van der Waals surface area contributed by atoms with E-state index in [0.717, 1.165) is 11.5 Å². The van der Waals surface area contributed by atoms with Gasteiger partial charge in [0.1, 0.15) is 0 Å². The largest absolute Gasteiger partial charge is 0.344 e. The van der Waals surface area contributed by atoms with Crippen molar-refractivity contribution in [1.29, 1.82) is 0 Å². The number of amidine groups is 1. The smallest absolute Gasteiger partial charge is 0.0982 e. The van der Waals surface area contributed by atoms with Crippen molar-refractivity contribution in [2.45, 2.75) is 19.9 Å². The number of allylic oxidation sites excluding steroid dienone is 3. The summed E-state index contributed by atoms with van der Waals surface area (Å²) in [5.41, 5.74) is 1.09. The van der Waals surface area contributed by atoms with Gasteiger partial charge in [-0.05, 0) is 26.0 Å². The molecule has 0 bridgehead atoms. The third-order valence-electron chi connectivity index (χ3n) is 1.56. The van der Waals surface area contributed by atoms with E-state index in [0.29, 0.717) is 0 Å². The molecule has 0 aliphatic carbocycles. The molecule has 1 N–H and O–H groups in total. The maximum atomic E-state index is 4.31. The lowest BCUT2D eigenvalue weighted by atomic mass is 10.2. The number of nitrogens with one attached hydrogen (secondary N) is 1. The summed E-state index contributed by atoms with van der Waals surface area (Å²) in [6.07, 6.45) is 7.73. The SMILES string of the molecule is C=CC=CC1=CC(C)N=C(C)N1. The second-order valence-corrected chi connectivity index (χ2v) is 2.80. The van der Waals surface area contributed by atoms with Crippen LogP contribution in [0.5, 0.6) is 0 Å². The number of rotatable bonds is 2. The van der Waals surface area contributed by atoms with Crippen molar-refractivity contribution in [2.24, 2.45) is 4.99 Å². The summed E-state index contributed by atoms with van der Waals surface area (Å²) in [7, 11) is 0. The fraction of sp³-hybridized carbons (Fsp3) is 0.300. The lowest BCUT2D eigenvalue weighted by Gasteiger charge is -2.15. The second-order valence-electron chi connectivity index (χ2n) is 2.80. The van der Waals surface area contributed by atoms with E-state index in [1.54, 1.807) is 6.08 Å². The predicted octanol–water partition coefficient (Wildman–Crippen LogP) is 2.02. The zero-order valence-corrected chi connectivity index (χ0v) is 7.54. The highest BCUT2D eigenvalue weighted by Gasteiger charge is 2.04. The molecule has 64 valence electrons. The van der Waals surface area contributed by atoms with Gasteiger partial charge in [-0.1, -0.05) is 18.7 Å². The van der Waals surface area contributed by atoms with Gasteiger partial charge < -0.3 is 5.32 Å². The monoisotopic (exact) mass is 162 g/mol. The van der Waals surface area contributed by atoms with Crippen molar-refractivity contribution in [3.8, 4) is 0 Å². The maximum absolute atomic E-state index is 4.31. The van der Waals surface area contributed by atoms with Crippen LogP contribution < -0.4 is 5.32 Å². The summed E-state index contributed by atoms with van der Waals surface area (Å²) in [5, 5.41) is 3.16. The fourth-order valence-corrected chi connectivity index (χ4v) is 1.15. The van der Waals surface area contributed by atoms with Gasteiger partial charge in [-0.2, -0.15) is 0 Å². The molecule has 2 nitrogen and oxygen atoms in total. The first-order chi connectivity index (χ1) is 5.72. The minimum atomic E-state index is 0.274. The Hall–Kier alpha value is -1.31. The first-order valence-electron chi connectivity index (χ1n) is 4.04.